The zero-order valence-corrected chi connectivity index (χ0v) is 12.4. The first-order chi connectivity index (χ1) is 10.1. The van der Waals surface area contributed by atoms with E-state index in [1.54, 1.807) is 12.4 Å². The zero-order valence-electron chi connectivity index (χ0n) is 12.4. The van der Waals surface area contributed by atoms with Gasteiger partial charge >= 0.3 is 0 Å². The van der Waals surface area contributed by atoms with Gasteiger partial charge in [-0.1, -0.05) is 25.1 Å². The molecule has 0 saturated heterocycles. The van der Waals surface area contributed by atoms with Gasteiger partial charge in [0.15, 0.2) is 0 Å². The molecular formula is C17H21N3O. The zero-order chi connectivity index (χ0) is 15.2. The highest BCUT2D eigenvalue weighted by atomic mass is 16.1. The van der Waals surface area contributed by atoms with Crippen molar-refractivity contribution < 1.29 is 4.79 Å². The molecule has 1 unspecified atom stereocenters. The molecule has 1 amide bonds. The van der Waals surface area contributed by atoms with Crippen LogP contribution in [0.4, 0.5) is 5.69 Å². The molecular weight excluding hydrogens is 262 g/mol. The Morgan fingerprint density at radius 1 is 1.19 bits per heavy atom. The van der Waals surface area contributed by atoms with Crippen molar-refractivity contribution in [3.05, 3.63) is 59.9 Å². The van der Waals surface area contributed by atoms with Crippen LogP contribution in [-0.4, -0.2) is 10.9 Å². The first kappa shape index (κ1) is 15.0. The SMILES string of the molecule is CC(CC(=O)N[C@@H](C)c1cccnc1)c1ccc(N)cc1. The molecule has 0 spiro atoms. The summed E-state index contributed by atoms with van der Waals surface area (Å²) in [5.74, 6) is 0.197. The van der Waals surface area contributed by atoms with E-state index in [4.69, 9.17) is 5.73 Å². The van der Waals surface area contributed by atoms with E-state index in [9.17, 15) is 4.79 Å². The molecule has 0 radical (unpaired) electrons. The van der Waals surface area contributed by atoms with Gasteiger partial charge in [-0.2, -0.15) is 0 Å². The molecule has 1 aromatic carbocycles. The molecule has 0 bridgehead atoms. The maximum Gasteiger partial charge on any atom is 0.221 e. The van der Waals surface area contributed by atoms with Gasteiger partial charge in [0, 0.05) is 24.5 Å². The molecule has 3 N–H and O–H groups in total. The number of hydrogen-bond donors (Lipinski definition) is 2. The summed E-state index contributed by atoms with van der Waals surface area (Å²) < 4.78 is 0. The molecule has 0 saturated carbocycles. The Morgan fingerprint density at radius 2 is 1.90 bits per heavy atom. The number of anilines is 1. The van der Waals surface area contributed by atoms with Crippen LogP contribution < -0.4 is 11.1 Å². The molecule has 2 rings (SSSR count). The number of nitrogens with two attached hydrogens (primary N) is 1. The van der Waals surface area contributed by atoms with Crippen LogP contribution in [0.25, 0.3) is 0 Å². The highest BCUT2D eigenvalue weighted by Gasteiger charge is 2.14. The van der Waals surface area contributed by atoms with E-state index in [1.165, 1.54) is 0 Å². The highest BCUT2D eigenvalue weighted by molar-refractivity contribution is 5.77. The number of nitrogens with zero attached hydrogens (tertiary/aromatic N) is 1. The minimum Gasteiger partial charge on any atom is -0.399 e. The maximum atomic E-state index is 12.1. The minimum atomic E-state index is -0.0372. The Morgan fingerprint density at radius 3 is 2.52 bits per heavy atom. The fourth-order valence-corrected chi connectivity index (χ4v) is 2.24. The van der Waals surface area contributed by atoms with Crippen molar-refractivity contribution in [3.63, 3.8) is 0 Å². The third-order valence-corrected chi connectivity index (χ3v) is 3.56. The van der Waals surface area contributed by atoms with Gasteiger partial charge in [-0.3, -0.25) is 9.78 Å². The Bertz CT molecular complexity index is 581. The van der Waals surface area contributed by atoms with Crippen molar-refractivity contribution in [2.24, 2.45) is 0 Å². The molecule has 4 heteroatoms. The predicted octanol–water partition coefficient (Wildman–Crippen LogP) is 3.03. The second-order valence-corrected chi connectivity index (χ2v) is 5.35. The molecule has 110 valence electrons. The van der Waals surface area contributed by atoms with E-state index < -0.39 is 0 Å². The van der Waals surface area contributed by atoms with Gasteiger partial charge in [0.05, 0.1) is 6.04 Å². The van der Waals surface area contributed by atoms with Crippen LogP contribution in [0.15, 0.2) is 48.8 Å². The molecule has 2 aromatic rings. The first-order valence-electron chi connectivity index (χ1n) is 7.11. The van der Waals surface area contributed by atoms with Gasteiger partial charge in [-0.15, -0.1) is 0 Å². The summed E-state index contributed by atoms with van der Waals surface area (Å²) in [6, 6.07) is 11.5. The summed E-state index contributed by atoms with van der Waals surface area (Å²) in [5.41, 5.74) is 8.53. The Balaban J connectivity index is 1.91. The van der Waals surface area contributed by atoms with Crippen molar-refractivity contribution in [1.29, 1.82) is 0 Å². The van der Waals surface area contributed by atoms with Crippen LogP contribution in [0.5, 0.6) is 0 Å². The fourth-order valence-electron chi connectivity index (χ4n) is 2.24. The van der Waals surface area contributed by atoms with Crippen molar-refractivity contribution >= 4 is 11.6 Å². The summed E-state index contributed by atoms with van der Waals surface area (Å²) in [5, 5.41) is 3.00. The van der Waals surface area contributed by atoms with Gasteiger partial charge in [0.25, 0.3) is 0 Å². The van der Waals surface area contributed by atoms with Crippen LogP contribution in [0.1, 0.15) is 43.4 Å². The lowest BCUT2D eigenvalue weighted by atomic mass is 9.97. The van der Waals surface area contributed by atoms with Crippen LogP contribution in [-0.2, 0) is 4.79 Å². The topological polar surface area (TPSA) is 68.0 Å². The number of nitrogens with one attached hydrogen (secondary N) is 1. The Kier molecular flexibility index (Phi) is 4.93. The van der Waals surface area contributed by atoms with E-state index in [0.717, 1.165) is 16.8 Å². The van der Waals surface area contributed by atoms with E-state index in [2.05, 4.69) is 10.3 Å². The second-order valence-electron chi connectivity index (χ2n) is 5.35. The van der Waals surface area contributed by atoms with Crippen molar-refractivity contribution in [2.75, 3.05) is 5.73 Å². The van der Waals surface area contributed by atoms with Crippen molar-refractivity contribution in [1.82, 2.24) is 10.3 Å². The Hall–Kier alpha value is -2.36. The molecule has 0 fully saturated rings. The molecule has 4 nitrogen and oxygen atoms in total. The molecule has 0 aliphatic carbocycles. The average molecular weight is 283 g/mol. The number of nitrogen functional groups attached to an aromatic ring is 1. The third-order valence-electron chi connectivity index (χ3n) is 3.56. The quantitative estimate of drug-likeness (QED) is 0.829. The van der Waals surface area contributed by atoms with E-state index >= 15 is 0 Å². The third kappa shape index (κ3) is 4.31. The second kappa shape index (κ2) is 6.88. The van der Waals surface area contributed by atoms with Crippen molar-refractivity contribution in [2.45, 2.75) is 32.2 Å². The van der Waals surface area contributed by atoms with Gasteiger partial charge in [0.2, 0.25) is 5.91 Å². The lowest BCUT2D eigenvalue weighted by Gasteiger charge is -2.16. The fraction of sp³-hybridized carbons (Fsp3) is 0.294. The van der Waals surface area contributed by atoms with Gasteiger partial charge in [0.1, 0.15) is 0 Å². The maximum absolute atomic E-state index is 12.1. The van der Waals surface area contributed by atoms with Crippen LogP contribution >= 0.6 is 0 Å². The molecule has 1 heterocycles. The first-order valence-corrected chi connectivity index (χ1v) is 7.11. The number of pyridine rings is 1. The number of rotatable bonds is 5. The predicted molar refractivity (Wildman–Crippen MR) is 84.7 cm³/mol. The summed E-state index contributed by atoms with van der Waals surface area (Å²) in [6.07, 6.45) is 3.95. The lowest BCUT2D eigenvalue weighted by molar-refractivity contribution is -0.122. The smallest absolute Gasteiger partial charge is 0.221 e. The molecule has 2 atom stereocenters. The number of carbonyl (C=O) groups is 1. The monoisotopic (exact) mass is 283 g/mol. The molecule has 1 aromatic heterocycles. The van der Waals surface area contributed by atoms with Gasteiger partial charge < -0.3 is 11.1 Å². The number of hydrogen-bond acceptors (Lipinski definition) is 3. The van der Waals surface area contributed by atoms with Crippen LogP contribution in [0, 0.1) is 0 Å². The van der Waals surface area contributed by atoms with Crippen LogP contribution in [0.3, 0.4) is 0 Å². The number of benzene rings is 1. The van der Waals surface area contributed by atoms with Gasteiger partial charge in [-0.05, 0) is 42.2 Å². The number of carbonyl (C=O) groups excluding carboxylic acids is 1. The standard InChI is InChI=1S/C17H21N3O/c1-12(14-5-7-16(18)8-6-14)10-17(21)20-13(2)15-4-3-9-19-11-15/h3-9,11-13H,10,18H2,1-2H3,(H,20,21)/t12?,13-/m0/s1. The van der Waals surface area contributed by atoms with E-state index in [0.29, 0.717) is 6.42 Å². The molecule has 0 aliphatic heterocycles. The normalized spacial score (nSPS) is 13.4. The molecule has 21 heavy (non-hydrogen) atoms. The summed E-state index contributed by atoms with van der Waals surface area (Å²) in [6.45, 7) is 4.00. The highest BCUT2D eigenvalue weighted by Crippen LogP contribution is 2.20. The minimum absolute atomic E-state index is 0.0372. The number of aromatic nitrogens is 1. The number of amides is 1. The van der Waals surface area contributed by atoms with Crippen LogP contribution in [0.2, 0.25) is 0 Å². The Labute approximate surface area is 125 Å². The van der Waals surface area contributed by atoms with E-state index in [-0.39, 0.29) is 17.9 Å². The largest absolute Gasteiger partial charge is 0.399 e. The lowest BCUT2D eigenvalue weighted by Crippen LogP contribution is -2.27. The van der Waals surface area contributed by atoms with E-state index in [1.807, 2.05) is 50.2 Å². The summed E-state index contributed by atoms with van der Waals surface area (Å²) in [4.78, 5) is 16.2. The average Bonchev–Trinajstić information content (AvgIpc) is 2.48. The summed E-state index contributed by atoms with van der Waals surface area (Å²) >= 11 is 0. The molecule has 0 aliphatic rings. The summed E-state index contributed by atoms with van der Waals surface area (Å²) in [7, 11) is 0. The van der Waals surface area contributed by atoms with Crippen molar-refractivity contribution in [3.8, 4) is 0 Å². The van der Waals surface area contributed by atoms with Gasteiger partial charge in [-0.25, -0.2) is 0 Å².